The first-order valence-corrected chi connectivity index (χ1v) is 11.5. The summed E-state index contributed by atoms with van der Waals surface area (Å²) in [6.45, 7) is 6.46. The average Bonchev–Trinajstić information content (AvgIpc) is 2.90. The molecule has 0 atom stereocenters. The molecule has 10 heteroatoms. The summed E-state index contributed by atoms with van der Waals surface area (Å²) >= 11 is 3.35. The number of ether oxygens (including phenoxy) is 1. The monoisotopic (exact) mass is 485 g/mol. The number of benzene rings is 1. The summed E-state index contributed by atoms with van der Waals surface area (Å²) in [4.78, 5) is 28.7. The van der Waals surface area contributed by atoms with E-state index in [9.17, 15) is 18.0 Å². The van der Waals surface area contributed by atoms with E-state index in [0.717, 1.165) is 0 Å². The molecule has 2 aromatic rings. The van der Waals surface area contributed by atoms with Crippen LogP contribution in [0.1, 0.15) is 27.2 Å². The molecule has 8 nitrogen and oxygen atoms in total. The van der Waals surface area contributed by atoms with Crippen LogP contribution in [0.3, 0.4) is 0 Å². The van der Waals surface area contributed by atoms with Gasteiger partial charge in [0.15, 0.2) is 0 Å². The minimum Gasteiger partial charge on any atom is -0.444 e. The maximum atomic E-state index is 13.4. The second kappa shape index (κ2) is 8.08. The van der Waals surface area contributed by atoms with Crippen LogP contribution in [0.15, 0.2) is 38.6 Å². The van der Waals surface area contributed by atoms with Gasteiger partial charge in [-0.1, -0.05) is 6.07 Å². The number of carbonyl (C=O) groups excluding carboxylic acids is 1. The normalized spacial score (nSPS) is 16.6. The number of nitrogens with one attached hydrogen (secondary N) is 1. The molecule has 1 aliphatic heterocycles. The molecule has 0 aliphatic carbocycles. The second-order valence-corrected chi connectivity index (χ2v) is 10.6. The molecule has 1 aromatic carbocycles. The van der Waals surface area contributed by atoms with Gasteiger partial charge >= 0.3 is 6.09 Å². The molecule has 0 saturated carbocycles. The van der Waals surface area contributed by atoms with Crippen LogP contribution in [0.4, 0.5) is 4.79 Å². The molecule has 2 heterocycles. The first-order valence-electron chi connectivity index (χ1n) is 9.29. The highest BCUT2D eigenvalue weighted by atomic mass is 79.9. The van der Waals surface area contributed by atoms with Gasteiger partial charge in [0.25, 0.3) is 5.56 Å². The van der Waals surface area contributed by atoms with E-state index in [0.29, 0.717) is 28.2 Å². The van der Waals surface area contributed by atoms with Crippen molar-refractivity contribution in [2.24, 2.45) is 0 Å². The number of fused-ring (bicyclic) bond motifs is 1. The van der Waals surface area contributed by atoms with Gasteiger partial charge in [0.2, 0.25) is 10.0 Å². The number of aromatic amines is 1. The zero-order chi connectivity index (χ0) is 21.4. The third kappa shape index (κ3) is 4.65. The van der Waals surface area contributed by atoms with Gasteiger partial charge in [-0.05, 0) is 55.3 Å². The van der Waals surface area contributed by atoms with E-state index < -0.39 is 21.7 Å². The Labute approximate surface area is 178 Å². The van der Waals surface area contributed by atoms with E-state index in [1.165, 1.54) is 21.5 Å². The number of hydrogen-bond acceptors (Lipinski definition) is 5. The highest BCUT2D eigenvalue weighted by molar-refractivity contribution is 9.10. The van der Waals surface area contributed by atoms with Crippen molar-refractivity contribution in [1.29, 1.82) is 0 Å². The second-order valence-electron chi connectivity index (χ2n) is 7.87. The molecule has 0 bridgehead atoms. The number of H-pyrrole nitrogens is 1. The van der Waals surface area contributed by atoms with E-state index in [4.69, 9.17) is 4.74 Å². The number of hydrogen-bond donors (Lipinski definition) is 1. The van der Waals surface area contributed by atoms with Crippen LogP contribution in [0.5, 0.6) is 0 Å². The first-order chi connectivity index (χ1) is 13.5. The summed E-state index contributed by atoms with van der Waals surface area (Å²) in [6.07, 6.45) is 1.48. The summed E-state index contributed by atoms with van der Waals surface area (Å²) in [6, 6.07) is 4.64. The Morgan fingerprint density at radius 3 is 2.59 bits per heavy atom. The van der Waals surface area contributed by atoms with Crippen LogP contribution in [0.2, 0.25) is 0 Å². The Morgan fingerprint density at radius 1 is 1.17 bits per heavy atom. The highest BCUT2D eigenvalue weighted by Gasteiger charge is 2.31. The summed E-state index contributed by atoms with van der Waals surface area (Å²) in [7, 11) is -3.86. The maximum Gasteiger partial charge on any atom is 0.410 e. The summed E-state index contributed by atoms with van der Waals surface area (Å²) in [5, 5.41) is 0.648. The zero-order valence-corrected chi connectivity index (χ0v) is 19.0. The van der Waals surface area contributed by atoms with Gasteiger partial charge in [-0.25, -0.2) is 13.2 Å². The molecular weight excluding hydrogens is 462 g/mol. The van der Waals surface area contributed by atoms with Crippen LogP contribution in [0.25, 0.3) is 10.8 Å². The van der Waals surface area contributed by atoms with Crippen molar-refractivity contribution >= 4 is 42.8 Å². The number of pyridine rings is 1. The first kappa shape index (κ1) is 21.8. The molecule has 1 aliphatic rings. The molecule has 1 fully saturated rings. The van der Waals surface area contributed by atoms with Crippen LogP contribution in [-0.4, -0.2) is 60.5 Å². The topological polar surface area (TPSA) is 99.8 Å². The average molecular weight is 486 g/mol. The lowest BCUT2D eigenvalue weighted by Gasteiger charge is -2.26. The third-order valence-corrected chi connectivity index (χ3v) is 7.13. The summed E-state index contributed by atoms with van der Waals surface area (Å²) < 4.78 is 34.0. The van der Waals surface area contributed by atoms with Crippen molar-refractivity contribution in [2.45, 2.75) is 37.7 Å². The largest absolute Gasteiger partial charge is 0.444 e. The fourth-order valence-electron chi connectivity index (χ4n) is 3.24. The standard InChI is InChI=1S/C19H24BrN3O5S/c1-19(2,3)28-18(25)22-8-5-9-23(11-10-22)29(26,27)15-7-4-6-13-16(15)14(20)12-21-17(13)24/h4,6-7,12H,5,8-11H2,1-3H3,(H,21,24). The number of amides is 1. The predicted octanol–water partition coefficient (Wildman–Crippen LogP) is 2.92. The Balaban J connectivity index is 1.90. The molecule has 1 amide bonds. The van der Waals surface area contributed by atoms with Gasteiger partial charge in [0, 0.05) is 47.6 Å². The quantitative estimate of drug-likeness (QED) is 0.704. The van der Waals surface area contributed by atoms with E-state index in [1.807, 2.05) is 0 Å². The molecule has 0 unspecified atom stereocenters. The minimum atomic E-state index is -3.86. The molecule has 158 valence electrons. The summed E-state index contributed by atoms with van der Waals surface area (Å²) in [5.74, 6) is 0. The van der Waals surface area contributed by atoms with Crippen molar-refractivity contribution in [3.05, 3.63) is 39.2 Å². The number of rotatable bonds is 2. The Morgan fingerprint density at radius 2 is 1.90 bits per heavy atom. The number of nitrogens with zero attached hydrogens (tertiary/aromatic N) is 2. The van der Waals surface area contributed by atoms with Gasteiger partial charge in [-0.3, -0.25) is 4.79 Å². The van der Waals surface area contributed by atoms with E-state index in [2.05, 4.69) is 20.9 Å². The van der Waals surface area contributed by atoms with Gasteiger partial charge in [0.05, 0.1) is 4.90 Å². The maximum absolute atomic E-state index is 13.4. The Bertz CT molecular complexity index is 1090. The molecule has 29 heavy (non-hydrogen) atoms. The zero-order valence-electron chi connectivity index (χ0n) is 16.6. The summed E-state index contributed by atoms with van der Waals surface area (Å²) in [5.41, 5.74) is -0.968. The highest BCUT2D eigenvalue weighted by Crippen LogP contribution is 2.30. The lowest BCUT2D eigenvalue weighted by molar-refractivity contribution is 0.0260. The van der Waals surface area contributed by atoms with Gasteiger partial charge < -0.3 is 14.6 Å². The van der Waals surface area contributed by atoms with Crippen molar-refractivity contribution in [2.75, 3.05) is 26.2 Å². The van der Waals surface area contributed by atoms with Crippen LogP contribution >= 0.6 is 15.9 Å². The molecular formula is C19H24BrN3O5S. The van der Waals surface area contributed by atoms with Crippen molar-refractivity contribution in [3.8, 4) is 0 Å². The SMILES string of the molecule is CC(C)(C)OC(=O)N1CCCN(S(=O)(=O)c2cccc3c(=O)[nH]cc(Br)c23)CC1. The van der Waals surface area contributed by atoms with Crippen LogP contribution in [0, 0.1) is 0 Å². The number of halogens is 1. The fourth-order valence-corrected chi connectivity index (χ4v) is 5.61. The van der Waals surface area contributed by atoms with Crippen LogP contribution < -0.4 is 5.56 Å². The van der Waals surface area contributed by atoms with Gasteiger partial charge in [-0.2, -0.15) is 4.31 Å². The fraction of sp³-hybridized carbons (Fsp3) is 0.474. The minimum absolute atomic E-state index is 0.0682. The Hall–Kier alpha value is -1.91. The molecule has 0 radical (unpaired) electrons. The molecule has 0 spiro atoms. The Kier molecular flexibility index (Phi) is 6.07. The van der Waals surface area contributed by atoms with Gasteiger partial charge in [0.1, 0.15) is 5.60 Å². The van der Waals surface area contributed by atoms with Crippen molar-refractivity contribution < 1.29 is 17.9 Å². The number of sulfonamides is 1. The van der Waals surface area contributed by atoms with E-state index in [1.54, 1.807) is 32.9 Å². The smallest absolute Gasteiger partial charge is 0.410 e. The lowest BCUT2D eigenvalue weighted by Crippen LogP contribution is -2.40. The number of carbonyl (C=O) groups is 1. The van der Waals surface area contributed by atoms with Crippen molar-refractivity contribution in [1.82, 2.24) is 14.2 Å². The van der Waals surface area contributed by atoms with Gasteiger partial charge in [-0.15, -0.1) is 0 Å². The van der Waals surface area contributed by atoms with E-state index in [-0.39, 0.29) is 30.1 Å². The molecule has 1 aromatic heterocycles. The molecule has 1 N–H and O–H groups in total. The molecule has 1 saturated heterocycles. The third-order valence-electron chi connectivity index (χ3n) is 4.56. The molecule has 3 rings (SSSR count). The van der Waals surface area contributed by atoms with Crippen molar-refractivity contribution in [3.63, 3.8) is 0 Å². The lowest BCUT2D eigenvalue weighted by atomic mass is 10.2. The predicted molar refractivity (Wildman–Crippen MR) is 113 cm³/mol. The van der Waals surface area contributed by atoms with Crippen LogP contribution in [-0.2, 0) is 14.8 Å². The van der Waals surface area contributed by atoms with E-state index >= 15 is 0 Å². The number of aromatic nitrogens is 1.